The molecule has 6 heteroatoms. The van der Waals surface area contributed by atoms with Crippen LogP contribution in [-0.4, -0.2) is 21.8 Å². The first-order valence-corrected chi connectivity index (χ1v) is 7.37. The number of aryl methyl sites for hydroxylation is 2. The molecule has 17 heavy (non-hydrogen) atoms. The van der Waals surface area contributed by atoms with Gasteiger partial charge >= 0.3 is 0 Å². The molecular weight excluding hydrogens is 256 g/mol. The maximum absolute atomic E-state index is 11.5. The topological polar surface area (TPSA) is 59.1 Å². The van der Waals surface area contributed by atoms with E-state index in [0.717, 1.165) is 30.3 Å². The Hall–Kier alpha value is -0.880. The van der Waals surface area contributed by atoms with Gasteiger partial charge in [0.05, 0.1) is 11.4 Å². The summed E-state index contributed by atoms with van der Waals surface area (Å²) in [6.45, 7) is 1.46. The van der Waals surface area contributed by atoms with E-state index in [4.69, 9.17) is 0 Å². The summed E-state index contributed by atoms with van der Waals surface area (Å²) < 4.78 is 0. The van der Waals surface area contributed by atoms with Crippen LogP contribution in [0.2, 0.25) is 0 Å². The summed E-state index contributed by atoms with van der Waals surface area (Å²) in [4.78, 5) is 27.9. The second-order valence-corrected chi connectivity index (χ2v) is 6.16. The SMILES string of the molecule is CC(=O)SCC(=O)Nc1nc2c(s1)CCCC2. The van der Waals surface area contributed by atoms with E-state index < -0.39 is 0 Å². The van der Waals surface area contributed by atoms with Crippen LogP contribution >= 0.6 is 23.1 Å². The first-order chi connectivity index (χ1) is 8.15. The van der Waals surface area contributed by atoms with Crippen LogP contribution in [0.3, 0.4) is 0 Å². The minimum atomic E-state index is -0.156. The fourth-order valence-corrected chi connectivity index (χ4v) is 3.20. The fraction of sp³-hybridized carbons (Fsp3) is 0.545. The highest BCUT2D eigenvalue weighted by atomic mass is 32.2. The summed E-state index contributed by atoms with van der Waals surface area (Å²) in [7, 11) is 0. The van der Waals surface area contributed by atoms with Gasteiger partial charge in [-0.25, -0.2) is 4.98 Å². The van der Waals surface area contributed by atoms with E-state index in [1.54, 1.807) is 11.3 Å². The lowest BCUT2D eigenvalue weighted by Crippen LogP contribution is -2.14. The first-order valence-electron chi connectivity index (χ1n) is 5.57. The summed E-state index contributed by atoms with van der Waals surface area (Å²) in [6.07, 6.45) is 4.49. The third-order valence-electron chi connectivity index (χ3n) is 2.50. The number of nitrogens with zero attached hydrogens (tertiary/aromatic N) is 1. The lowest BCUT2D eigenvalue weighted by atomic mass is 10.0. The highest BCUT2D eigenvalue weighted by Gasteiger charge is 2.16. The van der Waals surface area contributed by atoms with Crippen molar-refractivity contribution in [2.75, 3.05) is 11.1 Å². The predicted molar refractivity (Wildman–Crippen MR) is 70.5 cm³/mol. The summed E-state index contributed by atoms with van der Waals surface area (Å²) in [5, 5.41) is 3.38. The predicted octanol–water partition coefficient (Wildman–Crippen LogP) is 2.24. The number of thioether (sulfide) groups is 1. The van der Waals surface area contributed by atoms with Crippen LogP contribution < -0.4 is 5.32 Å². The van der Waals surface area contributed by atoms with Crippen molar-refractivity contribution in [3.8, 4) is 0 Å². The number of hydrogen-bond acceptors (Lipinski definition) is 5. The summed E-state index contributed by atoms with van der Waals surface area (Å²) >= 11 is 2.58. The summed E-state index contributed by atoms with van der Waals surface area (Å²) in [5.41, 5.74) is 1.13. The van der Waals surface area contributed by atoms with Crippen molar-refractivity contribution < 1.29 is 9.59 Å². The normalized spacial score (nSPS) is 14.2. The molecule has 0 fully saturated rings. The maximum atomic E-state index is 11.5. The number of fused-ring (bicyclic) bond motifs is 1. The molecule has 0 radical (unpaired) electrons. The van der Waals surface area contributed by atoms with Gasteiger partial charge in [0.25, 0.3) is 0 Å². The number of carbonyl (C=O) groups is 2. The van der Waals surface area contributed by atoms with Gasteiger partial charge < -0.3 is 5.32 Å². The molecule has 0 atom stereocenters. The Bertz CT molecular complexity index is 419. The van der Waals surface area contributed by atoms with Gasteiger partial charge in [-0.05, 0) is 25.7 Å². The highest BCUT2D eigenvalue weighted by molar-refractivity contribution is 8.14. The molecule has 2 rings (SSSR count). The van der Waals surface area contributed by atoms with Crippen LogP contribution in [0.1, 0.15) is 30.3 Å². The van der Waals surface area contributed by atoms with Crippen molar-refractivity contribution in [2.24, 2.45) is 0 Å². The summed E-state index contributed by atoms with van der Waals surface area (Å²) in [5.74, 6) is 0.0100. The molecule has 1 aliphatic carbocycles. The molecule has 4 nitrogen and oxygen atoms in total. The van der Waals surface area contributed by atoms with Crippen LogP contribution in [-0.2, 0) is 22.4 Å². The van der Waals surface area contributed by atoms with Crippen LogP contribution in [0.25, 0.3) is 0 Å². The van der Waals surface area contributed by atoms with Crippen LogP contribution in [0.15, 0.2) is 0 Å². The molecule has 0 spiro atoms. The average Bonchev–Trinajstić information content (AvgIpc) is 2.68. The van der Waals surface area contributed by atoms with Crippen LogP contribution in [0.4, 0.5) is 5.13 Å². The van der Waals surface area contributed by atoms with Crippen LogP contribution in [0, 0.1) is 0 Å². The zero-order valence-electron chi connectivity index (χ0n) is 9.62. The maximum Gasteiger partial charge on any atom is 0.236 e. The number of amides is 1. The van der Waals surface area contributed by atoms with Crippen molar-refractivity contribution in [1.29, 1.82) is 0 Å². The smallest absolute Gasteiger partial charge is 0.236 e. The molecule has 0 aliphatic heterocycles. The second-order valence-electron chi connectivity index (χ2n) is 3.92. The van der Waals surface area contributed by atoms with Crippen molar-refractivity contribution in [1.82, 2.24) is 4.98 Å². The van der Waals surface area contributed by atoms with E-state index in [-0.39, 0.29) is 16.8 Å². The first kappa shape index (κ1) is 12.6. The Morgan fingerprint density at radius 1 is 1.41 bits per heavy atom. The molecule has 0 saturated carbocycles. The van der Waals surface area contributed by atoms with Gasteiger partial charge in [-0.1, -0.05) is 11.8 Å². The molecule has 0 unspecified atom stereocenters. The number of rotatable bonds is 3. The Morgan fingerprint density at radius 2 is 2.18 bits per heavy atom. The lowest BCUT2D eigenvalue weighted by Gasteiger charge is -2.06. The number of nitrogens with one attached hydrogen (secondary N) is 1. The largest absolute Gasteiger partial charge is 0.301 e. The van der Waals surface area contributed by atoms with E-state index in [2.05, 4.69) is 10.3 Å². The fourth-order valence-electron chi connectivity index (χ4n) is 1.73. The Balaban J connectivity index is 1.92. The van der Waals surface area contributed by atoms with Gasteiger partial charge in [0, 0.05) is 11.8 Å². The third-order valence-corrected chi connectivity index (χ3v) is 4.38. The molecule has 0 bridgehead atoms. The third kappa shape index (κ3) is 3.54. The van der Waals surface area contributed by atoms with E-state index in [1.807, 2.05) is 0 Å². The molecule has 1 aromatic heterocycles. The minimum Gasteiger partial charge on any atom is -0.301 e. The zero-order chi connectivity index (χ0) is 12.3. The van der Waals surface area contributed by atoms with E-state index in [9.17, 15) is 9.59 Å². The van der Waals surface area contributed by atoms with Crippen molar-refractivity contribution in [3.05, 3.63) is 10.6 Å². The molecule has 92 valence electrons. The number of hydrogen-bond donors (Lipinski definition) is 1. The highest BCUT2D eigenvalue weighted by Crippen LogP contribution is 2.29. The monoisotopic (exact) mass is 270 g/mol. The zero-order valence-corrected chi connectivity index (χ0v) is 11.2. The molecule has 1 amide bonds. The minimum absolute atomic E-state index is 0.0430. The molecule has 0 saturated heterocycles. The number of anilines is 1. The van der Waals surface area contributed by atoms with Gasteiger partial charge in [-0.3, -0.25) is 9.59 Å². The van der Waals surface area contributed by atoms with Crippen molar-refractivity contribution in [2.45, 2.75) is 32.6 Å². The lowest BCUT2D eigenvalue weighted by molar-refractivity contribution is -0.114. The second kappa shape index (κ2) is 5.64. The molecule has 1 N–H and O–H groups in total. The number of aromatic nitrogens is 1. The van der Waals surface area contributed by atoms with E-state index >= 15 is 0 Å². The van der Waals surface area contributed by atoms with Crippen molar-refractivity contribution in [3.63, 3.8) is 0 Å². The summed E-state index contributed by atoms with van der Waals surface area (Å²) in [6, 6.07) is 0. The molecule has 0 aromatic carbocycles. The molecule has 1 heterocycles. The van der Waals surface area contributed by atoms with E-state index in [1.165, 1.54) is 24.6 Å². The average molecular weight is 270 g/mol. The van der Waals surface area contributed by atoms with Crippen LogP contribution in [0.5, 0.6) is 0 Å². The van der Waals surface area contributed by atoms with Gasteiger partial charge in [-0.2, -0.15) is 0 Å². The van der Waals surface area contributed by atoms with Gasteiger partial charge in [-0.15, -0.1) is 11.3 Å². The van der Waals surface area contributed by atoms with Gasteiger partial charge in [0.1, 0.15) is 0 Å². The standard InChI is InChI=1S/C11H14N2O2S2/c1-7(14)16-6-10(15)13-11-12-8-4-2-3-5-9(8)17-11/h2-6H2,1H3,(H,12,13,15). The Labute approximate surface area is 108 Å². The quantitative estimate of drug-likeness (QED) is 0.915. The van der Waals surface area contributed by atoms with Gasteiger partial charge in [0.15, 0.2) is 10.2 Å². The number of carbonyl (C=O) groups excluding carboxylic acids is 2. The molecule has 1 aromatic rings. The van der Waals surface area contributed by atoms with Gasteiger partial charge in [0.2, 0.25) is 5.91 Å². The Morgan fingerprint density at radius 3 is 2.88 bits per heavy atom. The van der Waals surface area contributed by atoms with Crippen molar-refractivity contribution >= 4 is 39.3 Å². The molecular formula is C11H14N2O2S2. The Kier molecular flexibility index (Phi) is 4.17. The van der Waals surface area contributed by atoms with E-state index in [0.29, 0.717) is 5.13 Å². The number of thiazole rings is 1. The molecule has 1 aliphatic rings.